The first-order valence-corrected chi connectivity index (χ1v) is 9.65. The van der Waals surface area contributed by atoms with Crippen LogP contribution in [0.2, 0.25) is 0 Å². The molecule has 0 aromatic rings. The maximum absolute atomic E-state index is 12.4. The number of methoxy groups -OCH3 is 1. The lowest BCUT2D eigenvalue weighted by Gasteiger charge is -2.27. The van der Waals surface area contributed by atoms with E-state index in [9.17, 15) is 18.0 Å². The molecule has 0 aromatic carbocycles. The van der Waals surface area contributed by atoms with Crippen molar-refractivity contribution >= 4 is 21.7 Å². The lowest BCUT2D eigenvalue weighted by Crippen LogP contribution is -2.50. The molecular formula is C14H24N2O6S. The van der Waals surface area contributed by atoms with Crippen molar-refractivity contribution in [3.8, 4) is 0 Å². The second-order valence-corrected chi connectivity index (χ2v) is 8.12. The standard InChI is InChI=1S/C14H24N2O6S/c1-21-7-5-16(11-4-8-23(19,20)10-11)14(18)13(17)15-9-12-3-2-6-22-12/h11-12H,2-10H2,1H3,(H,15,17). The Morgan fingerprint density at radius 1 is 1.35 bits per heavy atom. The molecule has 9 heteroatoms. The Kier molecular flexibility index (Phi) is 6.37. The summed E-state index contributed by atoms with van der Waals surface area (Å²) >= 11 is 0. The van der Waals surface area contributed by atoms with Gasteiger partial charge in [-0.1, -0.05) is 0 Å². The van der Waals surface area contributed by atoms with Crippen LogP contribution < -0.4 is 5.32 Å². The predicted octanol–water partition coefficient (Wildman–Crippen LogP) is -1.06. The van der Waals surface area contributed by atoms with Crippen molar-refractivity contribution in [2.45, 2.75) is 31.4 Å². The minimum Gasteiger partial charge on any atom is -0.383 e. The molecule has 23 heavy (non-hydrogen) atoms. The fraction of sp³-hybridized carbons (Fsp3) is 0.857. The number of carbonyl (C=O) groups is 2. The summed E-state index contributed by atoms with van der Waals surface area (Å²) in [7, 11) is -1.64. The van der Waals surface area contributed by atoms with Gasteiger partial charge in [0.15, 0.2) is 9.84 Å². The summed E-state index contributed by atoms with van der Waals surface area (Å²) in [6.45, 7) is 1.42. The lowest BCUT2D eigenvalue weighted by molar-refractivity contribution is -0.147. The molecule has 1 N–H and O–H groups in total. The van der Waals surface area contributed by atoms with Gasteiger partial charge in [-0.3, -0.25) is 9.59 Å². The van der Waals surface area contributed by atoms with Crippen LogP contribution in [0.5, 0.6) is 0 Å². The molecule has 2 atom stereocenters. The number of amides is 2. The Balaban J connectivity index is 1.93. The van der Waals surface area contributed by atoms with Crippen LogP contribution >= 0.6 is 0 Å². The molecule has 2 amide bonds. The minimum atomic E-state index is -3.14. The van der Waals surface area contributed by atoms with Crippen LogP contribution in [0.1, 0.15) is 19.3 Å². The van der Waals surface area contributed by atoms with Gasteiger partial charge in [0.1, 0.15) is 0 Å². The highest BCUT2D eigenvalue weighted by Crippen LogP contribution is 2.18. The van der Waals surface area contributed by atoms with E-state index >= 15 is 0 Å². The largest absolute Gasteiger partial charge is 0.383 e. The molecule has 2 aliphatic rings. The van der Waals surface area contributed by atoms with Crippen molar-refractivity contribution in [1.82, 2.24) is 10.2 Å². The van der Waals surface area contributed by atoms with E-state index in [-0.39, 0.29) is 30.8 Å². The Labute approximate surface area is 136 Å². The third-order valence-electron chi connectivity index (χ3n) is 4.15. The molecule has 2 aliphatic heterocycles. The summed E-state index contributed by atoms with van der Waals surface area (Å²) in [5, 5.41) is 2.58. The van der Waals surface area contributed by atoms with Crippen molar-refractivity contribution in [2.24, 2.45) is 0 Å². The molecular weight excluding hydrogens is 324 g/mol. The Morgan fingerprint density at radius 3 is 2.70 bits per heavy atom. The molecule has 0 bridgehead atoms. The van der Waals surface area contributed by atoms with E-state index in [1.165, 1.54) is 12.0 Å². The monoisotopic (exact) mass is 348 g/mol. The zero-order valence-corrected chi connectivity index (χ0v) is 14.1. The molecule has 8 nitrogen and oxygen atoms in total. The predicted molar refractivity (Wildman–Crippen MR) is 82.6 cm³/mol. The third kappa shape index (κ3) is 5.15. The van der Waals surface area contributed by atoms with Crippen LogP contribution in [-0.4, -0.2) is 82.2 Å². The van der Waals surface area contributed by atoms with Crippen LogP contribution in [-0.2, 0) is 28.9 Å². The molecule has 0 aromatic heterocycles. The SMILES string of the molecule is COCCN(C(=O)C(=O)NCC1CCCO1)C1CCS(=O)(=O)C1. The van der Waals surface area contributed by atoms with Crippen LogP contribution in [0.4, 0.5) is 0 Å². The maximum Gasteiger partial charge on any atom is 0.312 e. The normalized spacial score (nSPS) is 26.1. The quantitative estimate of drug-likeness (QED) is 0.614. The zero-order chi connectivity index (χ0) is 16.9. The zero-order valence-electron chi connectivity index (χ0n) is 13.3. The molecule has 2 fully saturated rings. The van der Waals surface area contributed by atoms with Gasteiger partial charge in [0.25, 0.3) is 0 Å². The smallest absolute Gasteiger partial charge is 0.312 e. The molecule has 0 saturated carbocycles. The summed E-state index contributed by atoms with van der Waals surface area (Å²) in [6, 6.07) is -0.462. The molecule has 0 spiro atoms. The van der Waals surface area contributed by atoms with Gasteiger partial charge in [-0.25, -0.2) is 8.42 Å². The number of sulfone groups is 1. The molecule has 2 unspecified atom stereocenters. The number of ether oxygens (including phenoxy) is 2. The first-order valence-electron chi connectivity index (χ1n) is 7.82. The van der Waals surface area contributed by atoms with Crippen LogP contribution in [0.3, 0.4) is 0 Å². The number of nitrogens with one attached hydrogen (secondary N) is 1. The highest BCUT2D eigenvalue weighted by atomic mass is 32.2. The van der Waals surface area contributed by atoms with Gasteiger partial charge in [0, 0.05) is 32.8 Å². The van der Waals surface area contributed by atoms with Crippen molar-refractivity contribution in [1.29, 1.82) is 0 Å². The van der Waals surface area contributed by atoms with Crippen LogP contribution in [0.25, 0.3) is 0 Å². The Hall–Kier alpha value is -1.19. The highest BCUT2D eigenvalue weighted by Gasteiger charge is 2.36. The topological polar surface area (TPSA) is 102 Å². The first kappa shape index (κ1) is 18.2. The van der Waals surface area contributed by atoms with E-state index in [1.807, 2.05) is 0 Å². The van der Waals surface area contributed by atoms with E-state index in [4.69, 9.17) is 9.47 Å². The number of hydrogen-bond donors (Lipinski definition) is 1. The van der Waals surface area contributed by atoms with Gasteiger partial charge in [-0.2, -0.15) is 0 Å². The molecule has 0 aliphatic carbocycles. The first-order chi connectivity index (χ1) is 10.9. The molecule has 132 valence electrons. The third-order valence-corrected chi connectivity index (χ3v) is 5.91. The maximum atomic E-state index is 12.4. The second-order valence-electron chi connectivity index (χ2n) is 5.89. The fourth-order valence-corrected chi connectivity index (χ4v) is 4.61. The van der Waals surface area contributed by atoms with Gasteiger partial charge in [0.05, 0.1) is 24.2 Å². The summed E-state index contributed by atoms with van der Waals surface area (Å²) < 4.78 is 33.6. The second kappa shape index (κ2) is 8.07. The van der Waals surface area contributed by atoms with Crippen molar-refractivity contribution in [3.63, 3.8) is 0 Å². The van der Waals surface area contributed by atoms with E-state index in [0.717, 1.165) is 12.8 Å². The summed E-state index contributed by atoms with van der Waals surface area (Å²) in [4.78, 5) is 25.8. The summed E-state index contributed by atoms with van der Waals surface area (Å²) in [5.41, 5.74) is 0. The summed E-state index contributed by atoms with van der Waals surface area (Å²) in [6.07, 6.45) is 2.12. The lowest BCUT2D eigenvalue weighted by atomic mass is 10.2. The van der Waals surface area contributed by atoms with Crippen molar-refractivity contribution < 1.29 is 27.5 Å². The average Bonchev–Trinajstić information content (AvgIpc) is 3.14. The molecule has 2 heterocycles. The average molecular weight is 348 g/mol. The van der Waals surface area contributed by atoms with Crippen LogP contribution in [0, 0.1) is 0 Å². The van der Waals surface area contributed by atoms with Gasteiger partial charge < -0.3 is 19.7 Å². The van der Waals surface area contributed by atoms with E-state index in [2.05, 4.69) is 5.32 Å². The number of carbonyl (C=O) groups excluding carboxylic acids is 2. The van der Waals surface area contributed by atoms with Crippen LogP contribution in [0.15, 0.2) is 0 Å². The number of nitrogens with zero attached hydrogens (tertiary/aromatic N) is 1. The van der Waals surface area contributed by atoms with Gasteiger partial charge in [-0.15, -0.1) is 0 Å². The van der Waals surface area contributed by atoms with E-state index in [0.29, 0.717) is 19.6 Å². The molecule has 0 radical (unpaired) electrons. The minimum absolute atomic E-state index is 0.0476. The molecule has 2 saturated heterocycles. The van der Waals surface area contributed by atoms with Gasteiger partial charge in [0.2, 0.25) is 0 Å². The number of hydrogen-bond acceptors (Lipinski definition) is 6. The van der Waals surface area contributed by atoms with Gasteiger partial charge >= 0.3 is 11.8 Å². The fourth-order valence-electron chi connectivity index (χ4n) is 2.88. The summed E-state index contributed by atoms with van der Waals surface area (Å²) in [5.74, 6) is -1.48. The van der Waals surface area contributed by atoms with E-state index < -0.39 is 27.7 Å². The van der Waals surface area contributed by atoms with E-state index in [1.54, 1.807) is 0 Å². The van der Waals surface area contributed by atoms with Crippen molar-refractivity contribution in [2.75, 3.05) is 44.9 Å². The Bertz CT molecular complexity index is 529. The van der Waals surface area contributed by atoms with Gasteiger partial charge in [-0.05, 0) is 19.3 Å². The Morgan fingerprint density at radius 2 is 2.13 bits per heavy atom. The molecule has 2 rings (SSSR count). The number of rotatable bonds is 6. The highest BCUT2D eigenvalue weighted by molar-refractivity contribution is 7.91. The van der Waals surface area contributed by atoms with Crippen molar-refractivity contribution in [3.05, 3.63) is 0 Å².